The molecule has 0 heterocycles. The van der Waals surface area contributed by atoms with Gasteiger partial charge in [0.2, 0.25) is 0 Å². The first kappa shape index (κ1) is 21.4. The summed E-state index contributed by atoms with van der Waals surface area (Å²) in [5, 5.41) is 20.8. The number of hydrogen-bond acceptors (Lipinski definition) is 5. The number of hydrogen-bond donors (Lipinski definition) is 3. The average molecular weight is 433 g/mol. The standard InChI is InChI=1S/C25H23NO6/c27-12-5-13-31-23-14-16(24(28)29)10-11-22(23)26-25(30)32-15-21-19-8-3-1-6-17(19)18-7-2-4-9-20(18)21/h1-4,6-11,14,21,27H,5,12-13,15H2,(H,26,30)(H,28,29). The van der Waals surface area contributed by atoms with Gasteiger partial charge in [0.1, 0.15) is 12.4 Å². The Hall–Kier alpha value is -3.84. The maximum absolute atomic E-state index is 12.5. The monoisotopic (exact) mass is 433 g/mol. The summed E-state index contributed by atoms with van der Waals surface area (Å²) < 4.78 is 11.1. The second-order valence-electron chi connectivity index (χ2n) is 7.39. The molecule has 3 N–H and O–H groups in total. The van der Waals surface area contributed by atoms with Crippen molar-refractivity contribution in [2.24, 2.45) is 0 Å². The summed E-state index contributed by atoms with van der Waals surface area (Å²) >= 11 is 0. The van der Waals surface area contributed by atoms with Crippen LogP contribution in [0.4, 0.5) is 10.5 Å². The molecule has 1 amide bonds. The van der Waals surface area contributed by atoms with Crippen LogP contribution in [0.5, 0.6) is 5.75 Å². The molecule has 0 saturated heterocycles. The highest BCUT2D eigenvalue weighted by Gasteiger charge is 2.29. The number of amides is 1. The van der Waals surface area contributed by atoms with E-state index in [-0.39, 0.29) is 37.1 Å². The van der Waals surface area contributed by atoms with Crippen molar-refractivity contribution < 1.29 is 29.3 Å². The van der Waals surface area contributed by atoms with Crippen LogP contribution in [0.2, 0.25) is 0 Å². The Kier molecular flexibility index (Phi) is 6.37. The van der Waals surface area contributed by atoms with Gasteiger partial charge in [-0.15, -0.1) is 0 Å². The second kappa shape index (κ2) is 9.53. The quantitative estimate of drug-likeness (QED) is 0.452. The smallest absolute Gasteiger partial charge is 0.411 e. The van der Waals surface area contributed by atoms with Crippen LogP contribution in [0.25, 0.3) is 11.1 Å². The van der Waals surface area contributed by atoms with E-state index in [2.05, 4.69) is 17.4 Å². The van der Waals surface area contributed by atoms with Crippen LogP contribution in [-0.4, -0.2) is 42.1 Å². The van der Waals surface area contributed by atoms with Crippen molar-refractivity contribution in [1.29, 1.82) is 0 Å². The highest BCUT2D eigenvalue weighted by Crippen LogP contribution is 2.44. The van der Waals surface area contributed by atoms with Crippen molar-refractivity contribution in [2.75, 3.05) is 25.1 Å². The highest BCUT2D eigenvalue weighted by atomic mass is 16.5. The predicted octanol–water partition coefficient (Wildman–Crippen LogP) is 4.51. The van der Waals surface area contributed by atoms with Gasteiger partial charge in [-0.05, 0) is 40.5 Å². The lowest BCUT2D eigenvalue weighted by Gasteiger charge is -2.16. The topological polar surface area (TPSA) is 105 Å². The van der Waals surface area contributed by atoms with Crippen molar-refractivity contribution in [3.8, 4) is 16.9 Å². The molecular formula is C25H23NO6. The molecule has 0 fully saturated rings. The lowest BCUT2D eigenvalue weighted by molar-refractivity contribution is 0.0696. The van der Waals surface area contributed by atoms with Gasteiger partial charge in [0, 0.05) is 18.9 Å². The van der Waals surface area contributed by atoms with E-state index in [9.17, 15) is 14.7 Å². The molecular weight excluding hydrogens is 410 g/mol. The van der Waals surface area contributed by atoms with Gasteiger partial charge in [0.15, 0.2) is 0 Å². The number of carboxylic acid groups (broad SMARTS) is 1. The molecule has 7 nitrogen and oxygen atoms in total. The van der Waals surface area contributed by atoms with E-state index in [0.717, 1.165) is 22.3 Å². The van der Waals surface area contributed by atoms with Crippen molar-refractivity contribution in [1.82, 2.24) is 0 Å². The molecule has 0 aromatic heterocycles. The van der Waals surface area contributed by atoms with E-state index >= 15 is 0 Å². The Labute approximate surface area is 185 Å². The summed E-state index contributed by atoms with van der Waals surface area (Å²) in [5.74, 6) is -0.973. The molecule has 0 saturated carbocycles. The van der Waals surface area contributed by atoms with E-state index in [1.165, 1.54) is 18.2 Å². The third kappa shape index (κ3) is 4.43. The van der Waals surface area contributed by atoms with Crippen LogP contribution in [0.1, 0.15) is 33.8 Å². The number of aliphatic hydroxyl groups excluding tert-OH is 1. The molecule has 32 heavy (non-hydrogen) atoms. The molecule has 1 aliphatic rings. The first-order chi connectivity index (χ1) is 15.6. The summed E-state index contributed by atoms with van der Waals surface area (Å²) in [6.45, 7) is 0.278. The number of ether oxygens (including phenoxy) is 2. The molecule has 3 aromatic rings. The lowest BCUT2D eigenvalue weighted by atomic mass is 9.98. The third-order valence-electron chi connectivity index (χ3n) is 5.37. The largest absolute Gasteiger partial charge is 0.491 e. The maximum atomic E-state index is 12.5. The number of benzene rings is 3. The Morgan fingerprint density at radius 1 is 0.938 bits per heavy atom. The van der Waals surface area contributed by atoms with E-state index in [4.69, 9.17) is 14.6 Å². The molecule has 3 aromatic carbocycles. The fraction of sp³-hybridized carbons (Fsp3) is 0.200. The van der Waals surface area contributed by atoms with Gasteiger partial charge in [-0.25, -0.2) is 9.59 Å². The number of carbonyl (C=O) groups is 2. The van der Waals surface area contributed by atoms with Gasteiger partial charge in [-0.2, -0.15) is 0 Å². The van der Waals surface area contributed by atoms with Crippen LogP contribution >= 0.6 is 0 Å². The Balaban J connectivity index is 1.47. The first-order valence-electron chi connectivity index (χ1n) is 10.3. The summed E-state index contributed by atoms with van der Waals surface area (Å²) in [4.78, 5) is 23.8. The molecule has 0 radical (unpaired) electrons. The second-order valence-corrected chi connectivity index (χ2v) is 7.39. The van der Waals surface area contributed by atoms with Gasteiger partial charge in [-0.1, -0.05) is 48.5 Å². The minimum absolute atomic E-state index is 0.0297. The first-order valence-corrected chi connectivity index (χ1v) is 10.3. The molecule has 0 aliphatic heterocycles. The highest BCUT2D eigenvalue weighted by molar-refractivity contribution is 5.92. The number of carbonyl (C=O) groups excluding carboxylic acids is 1. The SMILES string of the molecule is O=C(Nc1ccc(C(=O)O)cc1OCCCO)OCC1c2ccccc2-c2ccccc21. The van der Waals surface area contributed by atoms with Crippen LogP contribution in [0.15, 0.2) is 66.7 Å². The zero-order valence-electron chi connectivity index (χ0n) is 17.3. The van der Waals surface area contributed by atoms with Crippen molar-refractivity contribution in [3.63, 3.8) is 0 Å². The molecule has 0 unspecified atom stereocenters. The summed E-state index contributed by atoms with van der Waals surface area (Å²) in [7, 11) is 0. The Bertz CT molecular complexity index is 1100. The number of nitrogens with one attached hydrogen (secondary N) is 1. The Morgan fingerprint density at radius 2 is 1.59 bits per heavy atom. The third-order valence-corrected chi connectivity index (χ3v) is 5.37. The van der Waals surface area contributed by atoms with Crippen LogP contribution < -0.4 is 10.1 Å². The van der Waals surface area contributed by atoms with E-state index in [0.29, 0.717) is 12.1 Å². The number of carboxylic acids is 1. The number of anilines is 1. The summed E-state index contributed by atoms with van der Waals surface area (Å²) in [5.41, 5.74) is 4.83. The Morgan fingerprint density at radius 3 is 2.22 bits per heavy atom. The van der Waals surface area contributed by atoms with Gasteiger partial charge in [0.25, 0.3) is 0 Å². The molecule has 0 bridgehead atoms. The molecule has 0 atom stereocenters. The summed E-state index contributed by atoms with van der Waals surface area (Å²) in [6, 6.07) is 20.3. The minimum atomic E-state index is -1.11. The number of aliphatic hydroxyl groups is 1. The number of rotatable bonds is 8. The zero-order valence-corrected chi connectivity index (χ0v) is 17.3. The predicted molar refractivity (Wildman–Crippen MR) is 119 cm³/mol. The molecule has 1 aliphatic carbocycles. The van der Waals surface area contributed by atoms with Gasteiger partial charge >= 0.3 is 12.1 Å². The number of fused-ring (bicyclic) bond motifs is 3. The minimum Gasteiger partial charge on any atom is -0.491 e. The van der Waals surface area contributed by atoms with E-state index in [1.54, 1.807) is 0 Å². The fourth-order valence-electron chi connectivity index (χ4n) is 3.87. The van der Waals surface area contributed by atoms with Gasteiger partial charge in [-0.3, -0.25) is 5.32 Å². The zero-order chi connectivity index (χ0) is 22.5. The normalized spacial score (nSPS) is 12.0. The maximum Gasteiger partial charge on any atom is 0.411 e. The fourth-order valence-corrected chi connectivity index (χ4v) is 3.87. The van der Waals surface area contributed by atoms with Crippen molar-refractivity contribution in [2.45, 2.75) is 12.3 Å². The summed E-state index contributed by atoms with van der Waals surface area (Å²) in [6.07, 6.45) is -0.288. The lowest BCUT2D eigenvalue weighted by Crippen LogP contribution is -2.18. The van der Waals surface area contributed by atoms with Crippen LogP contribution in [-0.2, 0) is 4.74 Å². The molecule has 4 rings (SSSR count). The average Bonchev–Trinajstić information content (AvgIpc) is 3.12. The van der Waals surface area contributed by atoms with E-state index < -0.39 is 12.1 Å². The number of aromatic carboxylic acids is 1. The van der Waals surface area contributed by atoms with Crippen LogP contribution in [0, 0.1) is 0 Å². The van der Waals surface area contributed by atoms with Crippen LogP contribution in [0.3, 0.4) is 0 Å². The van der Waals surface area contributed by atoms with Crippen molar-refractivity contribution >= 4 is 17.7 Å². The van der Waals surface area contributed by atoms with Crippen molar-refractivity contribution in [3.05, 3.63) is 83.4 Å². The molecule has 164 valence electrons. The van der Waals surface area contributed by atoms with Gasteiger partial charge < -0.3 is 19.7 Å². The van der Waals surface area contributed by atoms with E-state index in [1.807, 2.05) is 36.4 Å². The van der Waals surface area contributed by atoms with Gasteiger partial charge in [0.05, 0.1) is 17.9 Å². The molecule has 0 spiro atoms. The molecule has 7 heteroatoms.